The number of ether oxygens (including phenoxy) is 1. The third kappa shape index (κ3) is 4.79. The quantitative estimate of drug-likeness (QED) is 0.708. The summed E-state index contributed by atoms with van der Waals surface area (Å²) in [6.45, 7) is 1.81. The lowest BCUT2D eigenvalue weighted by Crippen LogP contribution is -2.36. The van der Waals surface area contributed by atoms with E-state index in [9.17, 15) is 18.8 Å². The number of esters is 1. The highest BCUT2D eigenvalue weighted by Gasteiger charge is 2.37. The number of hydrogen-bond donors (Lipinski definition) is 1. The molecule has 1 heterocycles. The van der Waals surface area contributed by atoms with Crippen LogP contribution in [0.1, 0.15) is 30.0 Å². The molecule has 30 heavy (non-hydrogen) atoms. The Hall–Kier alpha value is -2.93. The summed E-state index contributed by atoms with van der Waals surface area (Å²) in [7, 11) is 1.26. The van der Waals surface area contributed by atoms with Crippen LogP contribution in [-0.2, 0) is 19.1 Å². The number of nitrogens with zero attached hydrogens (tertiary/aromatic N) is 1. The summed E-state index contributed by atoms with van der Waals surface area (Å²) in [4.78, 5) is 38.5. The molecular weight excluding hydrogens is 411 g/mol. The van der Waals surface area contributed by atoms with Crippen LogP contribution in [0.5, 0.6) is 0 Å². The fourth-order valence-corrected chi connectivity index (χ4v) is 3.75. The number of carbonyl (C=O) groups excluding carboxylic acids is 3. The molecule has 2 aromatic carbocycles. The van der Waals surface area contributed by atoms with E-state index in [1.54, 1.807) is 37.3 Å². The van der Waals surface area contributed by atoms with E-state index in [0.29, 0.717) is 10.6 Å². The number of anilines is 1. The minimum atomic E-state index is -0.709. The van der Waals surface area contributed by atoms with Gasteiger partial charge in [0.15, 0.2) is 0 Å². The molecule has 2 amide bonds. The zero-order valence-corrected chi connectivity index (χ0v) is 17.4. The number of benzene rings is 2. The maximum absolute atomic E-state index is 14.3. The topological polar surface area (TPSA) is 75.7 Å². The van der Waals surface area contributed by atoms with Gasteiger partial charge in [-0.2, -0.15) is 0 Å². The average molecular weight is 433 g/mol. The lowest BCUT2D eigenvalue weighted by molar-refractivity contribution is -0.141. The second-order valence-corrected chi connectivity index (χ2v) is 7.63. The van der Waals surface area contributed by atoms with Crippen LogP contribution in [-0.4, -0.2) is 31.4 Å². The zero-order chi connectivity index (χ0) is 21.8. The predicted octanol–water partition coefficient (Wildman–Crippen LogP) is 3.56. The molecule has 0 saturated carbocycles. The van der Waals surface area contributed by atoms with Crippen LogP contribution in [0.15, 0.2) is 42.5 Å². The highest BCUT2D eigenvalue weighted by Crippen LogP contribution is 2.30. The van der Waals surface area contributed by atoms with E-state index in [0.717, 1.165) is 5.56 Å². The Bertz CT molecular complexity index is 981. The van der Waals surface area contributed by atoms with Crippen molar-refractivity contribution in [3.63, 3.8) is 0 Å². The Morgan fingerprint density at radius 2 is 2.03 bits per heavy atom. The van der Waals surface area contributed by atoms with E-state index < -0.39 is 29.7 Å². The number of nitrogens with one attached hydrogen (secondary N) is 1. The van der Waals surface area contributed by atoms with Gasteiger partial charge in [-0.3, -0.25) is 14.4 Å². The van der Waals surface area contributed by atoms with Gasteiger partial charge in [0.2, 0.25) is 11.8 Å². The van der Waals surface area contributed by atoms with Gasteiger partial charge in [0, 0.05) is 18.0 Å². The largest absolute Gasteiger partial charge is 0.469 e. The number of halogens is 2. The molecule has 2 atom stereocenters. The summed E-state index contributed by atoms with van der Waals surface area (Å²) in [6.07, 6.45) is -0.157. The number of aryl methyl sites for hydroxylation is 1. The van der Waals surface area contributed by atoms with Gasteiger partial charge < -0.3 is 15.0 Å². The second kappa shape index (κ2) is 9.26. The van der Waals surface area contributed by atoms with E-state index in [2.05, 4.69) is 5.32 Å². The lowest BCUT2D eigenvalue weighted by atomic mass is 10.0. The second-order valence-electron chi connectivity index (χ2n) is 7.22. The zero-order valence-electron chi connectivity index (χ0n) is 16.7. The van der Waals surface area contributed by atoms with E-state index >= 15 is 0 Å². The van der Waals surface area contributed by atoms with Gasteiger partial charge >= 0.3 is 5.97 Å². The molecule has 0 spiro atoms. The van der Waals surface area contributed by atoms with Gasteiger partial charge in [0.05, 0.1) is 31.2 Å². The maximum atomic E-state index is 14.3. The van der Waals surface area contributed by atoms with E-state index in [1.807, 2.05) is 0 Å². The molecule has 1 fully saturated rings. The highest BCUT2D eigenvalue weighted by molar-refractivity contribution is 6.31. The molecule has 2 unspecified atom stereocenters. The lowest BCUT2D eigenvalue weighted by Gasteiger charge is -2.22. The first-order valence-corrected chi connectivity index (χ1v) is 9.86. The fourth-order valence-electron chi connectivity index (χ4n) is 3.48. The number of hydrogen-bond acceptors (Lipinski definition) is 4. The van der Waals surface area contributed by atoms with Gasteiger partial charge in [0.1, 0.15) is 5.82 Å². The molecule has 0 bridgehead atoms. The molecule has 2 aromatic rings. The van der Waals surface area contributed by atoms with Gasteiger partial charge in [-0.25, -0.2) is 4.39 Å². The molecule has 1 aliphatic rings. The first-order chi connectivity index (χ1) is 14.3. The monoisotopic (exact) mass is 432 g/mol. The van der Waals surface area contributed by atoms with Crippen molar-refractivity contribution in [2.24, 2.45) is 5.92 Å². The normalized spacial score (nSPS) is 17.0. The van der Waals surface area contributed by atoms with Crippen LogP contribution in [0.4, 0.5) is 10.1 Å². The molecule has 3 rings (SSSR count). The Morgan fingerprint density at radius 1 is 1.30 bits per heavy atom. The standard InChI is InChI=1S/C22H22ClFN2O4/c1-13-7-8-19(17(24)9-13)26-12-14(10-20(26)27)22(29)25-18(11-21(28)30-2)15-5-3-4-6-16(15)23/h3-9,14,18H,10-12H2,1-2H3,(H,25,29). The average Bonchev–Trinajstić information content (AvgIpc) is 3.09. The van der Waals surface area contributed by atoms with Crippen molar-refractivity contribution in [3.05, 3.63) is 64.4 Å². The number of carbonyl (C=O) groups is 3. The molecule has 1 N–H and O–H groups in total. The van der Waals surface area contributed by atoms with Crippen LogP contribution < -0.4 is 10.2 Å². The number of amides is 2. The van der Waals surface area contributed by atoms with Crippen LogP contribution >= 0.6 is 11.6 Å². The van der Waals surface area contributed by atoms with Crippen LogP contribution in [0.3, 0.4) is 0 Å². The fraction of sp³-hybridized carbons (Fsp3) is 0.318. The van der Waals surface area contributed by atoms with Crippen LogP contribution in [0, 0.1) is 18.7 Å². The molecule has 6 nitrogen and oxygen atoms in total. The minimum Gasteiger partial charge on any atom is -0.469 e. The smallest absolute Gasteiger partial charge is 0.307 e. The Balaban J connectivity index is 1.77. The summed E-state index contributed by atoms with van der Waals surface area (Å²) < 4.78 is 19.0. The van der Waals surface area contributed by atoms with Crippen molar-refractivity contribution in [2.45, 2.75) is 25.8 Å². The van der Waals surface area contributed by atoms with Gasteiger partial charge in [-0.05, 0) is 36.2 Å². The van der Waals surface area contributed by atoms with Crippen molar-refractivity contribution in [1.82, 2.24) is 5.32 Å². The summed E-state index contributed by atoms with van der Waals surface area (Å²) >= 11 is 6.24. The van der Waals surface area contributed by atoms with Crippen molar-refractivity contribution >= 4 is 35.1 Å². The SMILES string of the molecule is COC(=O)CC(NC(=O)C1CC(=O)N(c2ccc(C)cc2F)C1)c1ccccc1Cl. The molecular formula is C22H22ClFN2O4. The number of rotatable bonds is 6. The summed E-state index contributed by atoms with van der Waals surface area (Å²) in [5, 5.41) is 3.20. The minimum absolute atomic E-state index is 0.0490. The number of methoxy groups -OCH3 is 1. The Kier molecular flexibility index (Phi) is 6.72. The van der Waals surface area contributed by atoms with Gasteiger partial charge in [0.25, 0.3) is 0 Å². The highest BCUT2D eigenvalue weighted by atomic mass is 35.5. The van der Waals surface area contributed by atoms with Gasteiger partial charge in [-0.1, -0.05) is 35.9 Å². The molecule has 0 aromatic heterocycles. The molecule has 1 aliphatic heterocycles. The van der Waals surface area contributed by atoms with Crippen molar-refractivity contribution in [2.75, 3.05) is 18.6 Å². The van der Waals surface area contributed by atoms with Gasteiger partial charge in [-0.15, -0.1) is 0 Å². The summed E-state index contributed by atoms with van der Waals surface area (Å²) in [5.41, 5.74) is 1.46. The van der Waals surface area contributed by atoms with Crippen molar-refractivity contribution < 1.29 is 23.5 Å². The molecule has 8 heteroatoms. The Morgan fingerprint density at radius 3 is 2.70 bits per heavy atom. The van der Waals surface area contributed by atoms with Crippen LogP contribution in [0.2, 0.25) is 5.02 Å². The third-order valence-electron chi connectivity index (χ3n) is 5.09. The maximum Gasteiger partial charge on any atom is 0.307 e. The molecule has 1 saturated heterocycles. The predicted molar refractivity (Wildman–Crippen MR) is 111 cm³/mol. The van der Waals surface area contributed by atoms with Crippen LogP contribution in [0.25, 0.3) is 0 Å². The summed E-state index contributed by atoms with van der Waals surface area (Å²) in [6, 6.07) is 10.7. The molecule has 0 aliphatic carbocycles. The molecule has 158 valence electrons. The Labute approximate surface area is 179 Å². The van der Waals surface area contributed by atoms with E-state index in [1.165, 1.54) is 24.1 Å². The summed E-state index contributed by atoms with van der Waals surface area (Å²) in [5.74, 6) is -2.44. The van der Waals surface area contributed by atoms with E-state index in [4.69, 9.17) is 16.3 Å². The van der Waals surface area contributed by atoms with Crippen molar-refractivity contribution in [3.8, 4) is 0 Å². The van der Waals surface area contributed by atoms with E-state index in [-0.39, 0.29) is 31.0 Å². The third-order valence-corrected chi connectivity index (χ3v) is 5.43. The van der Waals surface area contributed by atoms with Crippen molar-refractivity contribution in [1.29, 1.82) is 0 Å². The molecule has 0 radical (unpaired) electrons. The first-order valence-electron chi connectivity index (χ1n) is 9.48. The first kappa shape index (κ1) is 21.8.